The summed E-state index contributed by atoms with van der Waals surface area (Å²) in [7, 11) is 0. The Morgan fingerprint density at radius 2 is 1.88 bits per heavy atom. The van der Waals surface area contributed by atoms with Crippen molar-refractivity contribution in [3.8, 4) is 0 Å². The van der Waals surface area contributed by atoms with Crippen molar-refractivity contribution in [2.24, 2.45) is 0 Å². The summed E-state index contributed by atoms with van der Waals surface area (Å²) < 4.78 is 6.03. The normalized spacial score (nSPS) is 16.1. The summed E-state index contributed by atoms with van der Waals surface area (Å²) in [6.45, 7) is 4.53. The Bertz CT molecular complexity index is 744. The number of rotatable bonds is 5. The highest BCUT2D eigenvalue weighted by atomic mass is 79.9. The second-order valence-electron chi connectivity index (χ2n) is 6.07. The molecular weight excluding hydrogens is 380 g/mol. The van der Waals surface area contributed by atoms with Crippen LogP contribution in [0.25, 0.3) is 12.2 Å². The number of carbonyl (C=O) groups excluding carboxylic acids is 1. The van der Waals surface area contributed by atoms with E-state index in [0.717, 1.165) is 32.7 Å². The molecule has 1 saturated heterocycles. The number of nitrogens with zero attached hydrogens (tertiary/aromatic N) is 1. The summed E-state index contributed by atoms with van der Waals surface area (Å²) >= 11 is 3.25. The van der Waals surface area contributed by atoms with Gasteiger partial charge in [-0.05, 0) is 45.8 Å². The van der Waals surface area contributed by atoms with Crippen LogP contribution >= 0.6 is 15.9 Å². The molecule has 0 unspecified atom stereocenters. The molecule has 2 aromatic rings. The van der Waals surface area contributed by atoms with Crippen LogP contribution in [0.5, 0.6) is 0 Å². The molecule has 1 N–H and O–H groups in total. The van der Waals surface area contributed by atoms with Gasteiger partial charge in [0.1, 0.15) is 5.76 Å². The smallest absolute Gasteiger partial charge is 0.247 e. The van der Waals surface area contributed by atoms with Crippen LogP contribution < -0.4 is 4.90 Å². The van der Waals surface area contributed by atoms with E-state index < -0.39 is 0 Å². The number of nitrogens with one attached hydrogen (secondary N) is 1. The molecule has 4 nitrogen and oxygen atoms in total. The summed E-state index contributed by atoms with van der Waals surface area (Å²) in [5, 5.41) is 0. The minimum absolute atomic E-state index is 0.0476. The molecule has 0 bridgehead atoms. The van der Waals surface area contributed by atoms with Gasteiger partial charge >= 0.3 is 0 Å². The summed E-state index contributed by atoms with van der Waals surface area (Å²) in [5.41, 5.74) is 1.23. The highest BCUT2D eigenvalue weighted by molar-refractivity contribution is 9.10. The van der Waals surface area contributed by atoms with Gasteiger partial charge in [0, 0.05) is 6.08 Å². The molecular formula is C20H22BrN2O2+. The standard InChI is InChI=1S/C20H21BrN2O2/c21-19-10-8-18(25-19)9-11-20(24)23-15-13-22(14-16-23)12-4-7-17-5-2-1-3-6-17/h1-11H,12-16H2/p+1/b7-4+,11-9+. The Morgan fingerprint density at radius 1 is 1.12 bits per heavy atom. The van der Waals surface area contributed by atoms with Crippen molar-refractivity contribution in [2.75, 3.05) is 32.7 Å². The zero-order chi connectivity index (χ0) is 17.5. The highest BCUT2D eigenvalue weighted by Crippen LogP contribution is 2.15. The first kappa shape index (κ1) is 17.7. The van der Waals surface area contributed by atoms with Crippen LogP contribution in [0.2, 0.25) is 0 Å². The fourth-order valence-corrected chi connectivity index (χ4v) is 3.17. The van der Waals surface area contributed by atoms with Crippen molar-refractivity contribution in [3.05, 3.63) is 70.6 Å². The van der Waals surface area contributed by atoms with E-state index in [4.69, 9.17) is 4.42 Å². The van der Waals surface area contributed by atoms with E-state index in [-0.39, 0.29) is 5.91 Å². The Morgan fingerprint density at radius 3 is 2.56 bits per heavy atom. The first-order chi connectivity index (χ1) is 12.2. The number of quaternary nitrogens is 1. The average Bonchev–Trinajstić information content (AvgIpc) is 3.06. The van der Waals surface area contributed by atoms with Gasteiger partial charge in [-0.1, -0.05) is 36.4 Å². The molecule has 0 radical (unpaired) electrons. The SMILES string of the molecule is O=C(/C=C/c1ccc(Br)o1)N1CC[NH+](C/C=C/c2ccccc2)CC1. The van der Waals surface area contributed by atoms with Crippen LogP contribution in [0, 0.1) is 0 Å². The highest BCUT2D eigenvalue weighted by Gasteiger charge is 2.21. The average molecular weight is 402 g/mol. The predicted molar refractivity (Wildman–Crippen MR) is 103 cm³/mol. The predicted octanol–water partition coefficient (Wildman–Crippen LogP) is 2.50. The molecule has 25 heavy (non-hydrogen) atoms. The van der Waals surface area contributed by atoms with Crippen molar-refractivity contribution in [1.29, 1.82) is 0 Å². The van der Waals surface area contributed by atoms with E-state index in [1.54, 1.807) is 12.2 Å². The number of benzene rings is 1. The van der Waals surface area contributed by atoms with Gasteiger partial charge in [0.25, 0.3) is 0 Å². The van der Waals surface area contributed by atoms with Crippen LogP contribution in [0.3, 0.4) is 0 Å². The first-order valence-electron chi connectivity index (χ1n) is 8.48. The molecule has 1 fully saturated rings. The number of hydrogen-bond donors (Lipinski definition) is 1. The Hall–Kier alpha value is -2.11. The largest absolute Gasteiger partial charge is 0.450 e. The molecule has 1 amide bonds. The summed E-state index contributed by atoms with van der Waals surface area (Å²) in [6, 6.07) is 14.0. The number of furan rings is 1. The van der Waals surface area contributed by atoms with Crippen molar-refractivity contribution < 1.29 is 14.1 Å². The third-order valence-electron chi connectivity index (χ3n) is 4.28. The number of piperazine rings is 1. The summed E-state index contributed by atoms with van der Waals surface area (Å²) in [6.07, 6.45) is 7.69. The van der Waals surface area contributed by atoms with Crippen LogP contribution in [-0.2, 0) is 4.79 Å². The minimum Gasteiger partial charge on any atom is -0.450 e. The van der Waals surface area contributed by atoms with Crippen molar-refractivity contribution in [3.63, 3.8) is 0 Å². The molecule has 0 saturated carbocycles. The molecule has 0 atom stereocenters. The molecule has 1 aliphatic heterocycles. The quantitative estimate of drug-likeness (QED) is 0.781. The van der Waals surface area contributed by atoms with Gasteiger partial charge < -0.3 is 14.2 Å². The van der Waals surface area contributed by atoms with Crippen LogP contribution in [-0.4, -0.2) is 43.5 Å². The molecule has 1 aliphatic rings. The molecule has 5 heteroatoms. The third kappa shape index (κ3) is 5.44. The van der Waals surface area contributed by atoms with Gasteiger partial charge in [-0.3, -0.25) is 4.79 Å². The Labute approximate surface area is 156 Å². The number of hydrogen-bond acceptors (Lipinski definition) is 2. The van der Waals surface area contributed by atoms with Gasteiger partial charge in [0.15, 0.2) is 4.67 Å². The van der Waals surface area contributed by atoms with Crippen molar-refractivity contribution >= 4 is 34.0 Å². The third-order valence-corrected chi connectivity index (χ3v) is 4.71. The number of amides is 1. The van der Waals surface area contributed by atoms with E-state index in [0.29, 0.717) is 10.4 Å². The maximum Gasteiger partial charge on any atom is 0.247 e. The Balaban J connectivity index is 1.43. The van der Waals surface area contributed by atoms with Crippen molar-refractivity contribution in [2.45, 2.75) is 0 Å². The monoisotopic (exact) mass is 401 g/mol. The van der Waals surface area contributed by atoms with E-state index >= 15 is 0 Å². The molecule has 1 aromatic heterocycles. The molecule has 0 spiro atoms. The fourth-order valence-electron chi connectivity index (χ4n) is 2.85. The van der Waals surface area contributed by atoms with Crippen LogP contribution in [0.4, 0.5) is 0 Å². The summed E-state index contributed by atoms with van der Waals surface area (Å²) in [4.78, 5) is 15.7. The first-order valence-corrected chi connectivity index (χ1v) is 9.27. The lowest BCUT2D eigenvalue weighted by atomic mass is 10.2. The van der Waals surface area contributed by atoms with Gasteiger partial charge in [-0.2, -0.15) is 0 Å². The molecule has 3 rings (SSSR count). The second-order valence-corrected chi connectivity index (χ2v) is 6.85. The fraction of sp³-hybridized carbons (Fsp3) is 0.250. The van der Waals surface area contributed by atoms with E-state index in [1.165, 1.54) is 10.5 Å². The second kappa shape index (κ2) is 8.83. The molecule has 2 heterocycles. The molecule has 130 valence electrons. The van der Waals surface area contributed by atoms with Crippen LogP contribution in [0.1, 0.15) is 11.3 Å². The lowest BCUT2D eigenvalue weighted by molar-refractivity contribution is -0.898. The van der Waals surface area contributed by atoms with Crippen LogP contribution in [0.15, 0.2) is 63.7 Å². The topological polar surface area (TPSA) is 37.9 Å². The van der Waals surface area contributed by atoms with Gasteiger partial charge in [-0.25, -0.2) is 0 Å². The van der Waals surface area contributed by atoms with Gasteiger partial charge in [0.05, 0.1) is 32.7 Å². The van der Waals surface area contributed by atoms with E-state index in [9.17, 15) is 4.79 Å². The number of halogens is 1. The van der Waals surface area contributed by atoms with Crippen molar-refractivity contribution in [1.82, 2.24) is 4.90 Å². The summed E-state index contributed by atoms with van der Waals surface area (Å²) in [5.74, 6) is 0.724. The zero-order valence-electron chi connectivity index (χ0n) is 14.0. The molecule has 1 aromatic carbocycles. The number of carbonyl (C=O) groups is 1. The van der Waals surface area contributed by atoms with Gasteiger partial charge in [-0.15, -0.1) is 0 Å². The van der Waals surface area contributed by atoms with E-state index in [1.807, 2.05) is 35.2 Å². The maximum absolute atomic E-state index is 12.2. The maximum atomic E-state index is 12.2. The lowest BCUT2D eigenvalue weighted by Gasteiger charge is -2.31. The minimum atomic E-state index is 0.0476. The molecule has 0 aliphatic carbocycles. The van der Waals surface area contributed by atoms with E-state index in [2.05, 4.69) is 40.2 Å². The Kier molecular flexibility index (Phi) is 6.25. The van der Waals surface area contributed by atoms with Gasteiger partial charge in [0.2, 0.25) is 5.91 Å². The zero-order valence-corrected chi connectivity index (χ0v) is 15.6. The lowest BCUT2D eigenvalue weighted by Crippen LogP contribution is -3.14.